The van der Waals surface area contributed by atoms with Crippen molar-refractivity contribution in [2.24, 2.45) is 0 Å². The summed E-state index contributed by atoms with van der Waals surface area (Å²) >= 11 is 7.36. The lowest BCUT2D eigenvalue weighted by molar-refractivity contribution is 0.152. The van der Waals surface area contributed by atoms with Gasteiger partial charge in [-0.25, -0.2) is 8.78 Å². The SMILES string of the molecule is CCCC(C)N1CCCc2cc(-c3ccc(Cl)s3)c(C(F)F)cc21. The fraction of sp³-hybridized carbons (Fsp3) is 0.474. The van der Waals surface area contributed by atoms with Crippen LogP contribution in [0.4, 0.5) is 14.5 Å². The van der Waals surface area contributed by atoms with Gasteiger partial charge in [0.05, 0.1) is 4.34 Å². The molecule has 0 radical (unpaired) electrons. The minimum Gasteiger partial charge on any atom is -0.369 e. The summed E-state index contributed by atoms with van der Waals surface area (Å²) in [7, 11) is 0. The van der Waals surface area contributed by atoms with E-state index in [-0.39, 0.29) is 5.56 Å². The third-order valence-electron chi connectivity index (χ3n) is 4.72. The van der Waals surface area contributed by atoms with Gasteiger partial charge in [-0.2, -0.15) is 0 Å². The zero-order valence-electron chi connectivity index (χ0n) is 14.0. The molecule has 2 heterocycles. The van der Waals surface area contributed by atoms with Crippen LogP contribution in [0.2, 0.25) is 4.34 Å². The van der Waals surface area contributed by atoms with Gasteiger partial charge < -0.3 is 4.90 Å². The Labute approximate surface area is 151 Å². The Bertz CT molecular complexity index is 713. The van der Waals surface area contributed by atoms with Crippen LogP contribution in [0.25, 0.3) is 10.4 Å². The highest BCUT2D eigenvalue weighted by molar-refractivity contribution is 7.19. The molecule has 0 fully saturated rings. The lowest BCUT2D eigenvalue weighted by Crippen LogP contribution is -2.37. The molecule has 0 spiro atoms. The summed E-state index contributed by atoms with van der Waals surface area (Å²) in [5.74, 6) is 0. The first-order valence-corrected chi connectivity index (χ1v) is 9.68. The van der Waals surface area contributed by atoms with Crippen molar-refractivity contribution in [2.45, 2.75) is 52.0 Å². The molecule has 0 N–H and O–H groups in total. The number of fused-ring (bicyclic) bond motifs is 1. The lowest BCUT2D eigenvalue weighted by atomic mass is 9.93. The van der Waals surface area contributed by atoms with Gasteiger partial charge >= 0.3 is 0 Å². The van der Waals surface area contributed by atoms with Crippen molar-refractivity contribution < 1.29 is 8.78 Å². The van der Waals surface area contributed by atoms with Gasteiger partial charge in [-0.15, -0.1) is 11.3 Å². The zero-order chi connectivity index (χ0) is 17.3. The first kappa shape index (κ1) is 17.7. The van der Waals surface area contributed by atoms with Crippen LogP contribution in [0.3, 0.4) is 0 Å². The number of nitrogens with zero attached hydrogens (tertiary/aromatic N) is 1. The number of hydrogen-bond donors (Lipinski definition) is 0. The van der Waals surface area contributed by atoms with E-state index in [1.54, 1.807) is 12.1 Å². The van der Waals surface area contributed by atoms with Crippen molar-refractivity contribution in [3.05, 3.63) is 39.7 Å². The summed E-state index contributed by atoms with van der Waals surface area (Å²) in [6.45, 7) is 5.30. The van der Waals surface area contributed by atoms with Crippen molar-refractivity contribution in [1.82, 2.24) is 0 Å². The zero-order valence-corrected chi connectivity index (χ0v) is 15.6. The number of benzene rings is 1. The molecular weight excluding hydrogens is 348 g/mol. The highest BCUT2D eigenvalue weighted by atomic mass is 35.5. The Morgan fingerprint density at radius 1 is 1.29 bits per heavy atom. The molecule has 1 atom stereocenters. The summed E-state index contributed by atoms with van der Waals surface area (Å²) in [4.78, 5) is 3.12. The van der Waals surface area contributed by atoms with Crippen molar-refractivity contribution in [1.29, 1.82) is 0 Å². The minimum absolute atomic E-state index is 0.114. The number of alkyl halides is 2. The van der Waals surface area contributed by atoms with Crippen LogP contribution in [0.5, 0.6) is 0 Å². The van der Waals surface area contributed by atoms with E-state index in [0.717, 1.165) is 42.8 Å². The number of hydrogen-bond acceptors (Lipinski definition) is 2. The standard InChI is InChI=1S/C19H22ClF2NS/c1-3-5-12(2)23-9-4-6-13-10-14(17-7-8-18(20)24-17)15(19(21)22)11-16(13)23/h7-8,10-12,19H,3-6,9H2,1-2H3. The summed E-state index contributed by atoms with van der Waals surface area (Å²) in [6, 6.07) is 7.66. The number of halogens is 3. The van der Waals surface area contributed by atoms with E-state index in [2.05, 4.69) is 18.7 Å². The molecule has 1 nitrogen and oxygen atoms in total. The Balaban J connectivity index is 2.08. The second-order valence-corrected chi connectivity index (χ2v) is 8.12. The molecule has 0 saturated heterocycles. The van der Waals surface area contributed by atoms with Crippen molar-refractivity contribution in [2.75, 3.05) is 11.4 Å². The maximum atomic E-state index is 13.7. The molecule has 0 saturated carbocycles. The van der Waals surface area contributed by atoms with Crippen LogP contribution in [-0.2, 0) is 6.42 Å². The van der Waals surface area contributed by atoms with Crippen LogP contribution >= 0.6 is 22.9 Å². The molecule has 5 heteroatoms. The minimum atomic E-state index is -2.49. The first-order chi connectivity index (χ1) is 11.5. The Kier molecular flexibility index (Phi) is 5.46. The average Bonchev–Trinajstić information content (AvgIpc) is 2.99. The number of thiophene rings is 1. The molecular formula is C19H22ClF2NS. The van der Waals surface area contributed by atoms with Crippen LogP contribution in [0.1, 0.15) is 50.7 Å². The molecule has 24 heavy (non-hydrogen) atoms. The highest BCUT2D eigenvalue weighted by Gasteiger charge is 2.25. The molecule has 1 aromatic heterocycles. The van der Waals surface area contributed by atoms with E-state index in [1.807, 2.05) is 12.1 Å². The smallest absolute Gasteiger partial charge is 0.264 e. The predicted molar refractivity (Wildman–Crippen MR) is 99.8 cm³/mol. The van der Waals surface area contributed by atoms with Gasteiger partial charge in [0.2, 0.25) is 0 Å². The third kappa shape index (κ3) is 3.45. The van der Waals surface area contributed by atoms with Crippen LogP contribution in [0.15, 0.2) is 24.3 Å². The summed E-state index contributed by atoms with van der Waals surface area (Å²) in [5, 5.41) is 0. The quantitative estimate of drug-likeness (QED) is 0.551. The van der Waals surface area contributed by atoms with E-state index in [1.165, 1.54) is 16.9 Å². The highest BCUT2D eigenvalue weighted by Crippen LogP contribution is 2.42. The maximum absolute atomic E-state index is 13.7. The number of anilines is 1. The molecule has 0 amide bonds. The van der Waals surface area contributed by atoms with Gasteiger partial charge in [0, 0.05) is 34.3 Å². The molecule has 2 aromatic rings. The fourth-order valence-electron chi connectivity index (χ4n) is 3.56. The summed E-state index contributed by atoms with van der Waals surface area (Å²) in [5.41, 5.74) is 2.91. The van der Waals surface area contributed by atoms with Gasteiger partial charge in [0.15, 0.2) is 0 Å². The Morgan fingerprint density at radius 3 is 2.71 bits per heavy atom. The van der Waals surface area contributed by atoms with Gasteiger partial charge in [0.25, 0.3) is 6.43 Å². The fourth-order valence-corrected chi connectivity index (χ4v) is 4.64. The average molecular weight is 370 g/mol. The molecule has 1 unspecified atom stereocenters. The van der Waals surface area contributed by atoms with Crippen molar-refractivity contribution in [3.8, 4) is 10.4 Å². The molecule has 0 bridgehead atoms. The summed E-state index contributed by atoms with van der Waals surface area (Å²) in [6.07, 6.45) is 1.70. The number of aryl methyl sites for hydroxylation is 1. The van der Waals surface area contributed by atoms with E-state index < -0.39 is 6.43 Å². The van der Waals surface area contributed by atoms with Gasteiger partial charge in [0.1, 0.15) is 0 Å². The van der Waals surface area contributed by atoms with Crippen LogP contribution < -0.4 is 4.90 Å². The molecule has 130 valence electrons. The largest absolute Gasteiger partial charge is 0.369 e. The summed E-state index contributed by atoms with van der Waals surface area (Å²) < 4.78 is 28.1. The molecule has 1 aliphatic heterocycles. The second-order valence-electron chi connectivity index (χ2n) is 6.41. The monoisotopic (exact) mass is 369 g/mol. The lowest BCUT2D eigenvalue weighted by Gasteiger charge is -2.37. The van der Waals surface area contributed by atoms with Gasteiger partial charge in [-0.1, -0.05) is 24.9 Å². The predicted octanol–water partition coefficient (Wildman–Crippen LogP) is 6.95. The van der Waals surface area contributed by atoms with Gasteiger partial charge in [-0.3, -0.25) is 0 Å². The topological polar surface area (TPSA) is 3.24 Å². The molecule has 1 aromatic carbocycles. The second kappa shape index (κ2) is 7.40. The first-order valence-electron chi connectivity index (χ1n) is 8.48. The Hall–Kier alpha value is -1.13. The van der Waals surface area contributed by atoms with Crippen molar-refractivity contribution in [3.63, 3.8) is 0 Å². The van der Waals surface area contributed by atoms with Gasteiger partial charge in [-0.05, 0) is 56.0 Å². The maximum Gasteiger partial charge on any atom is 0.264 e. The van der Waals surface area contributed by atoms with Crippen molar-refractivity contribution >= 4 is 28.6 Å². The molecule has 1 aliphatic rings. The molecule has 0 aliphatic carbocycles. The number of rotatable bonds is 5. The van der Waals surface area contributed by atoms with E-state index in [9.17, 15) is 8.78 Å². The van der Waals surface area contributed by atoms with E-state index in [0.29, 0.717) is 15.9 Å². The molecule has 3 rings (SSSR count). The van der Waals surface area contributed by atoms with Crippen LogP contribution in [-0.4, -0.2) is 12.6 Å². The van der Waals surface area contributed by atoms with E-state index in [4.69, 9.17) is 11.6 Å². The van der Waals surface area contributed by atoms with Crippen LogP contribution in [0, 0.1) is 0 Å². The van der Waals surface area contributed by atoms with E-state index >= 15 is 0 Å². The third-order valence-corrected chi connectivity index (χ3v) is 5.98. The Morgan fingerprint density at radius 2 is 2.08 bits per heavy atom. The normalized spacial score (nSPS) is 15.7.